The third kappa shape index (κ3) is 5.82. The van der Waals surface area contributed by atoms with Crippen LogP contribution in [0.5, 0.6) is 11.5 Å². The van der Waals surface area contributed by atoms with Crippen molar-refractivity contribution >= 4 is 27.5 Å². The quantitative estimate of drug-likeness (QED) is 0.586. The Labute approximate surface area is 212 Å². The van der Waals surface area contributed by atoms with Gasteiger partial charge in [-0.15, -0.1) is 0 Å². The van der Waals surface area contributed by atoms with E-state index < -0.39 is 16.1 Å². The van der Waals surface area contributed by atoms with Crippen LogP contribution in [0.25, 0.3) is 0 Å². The van der Waals surface area contributed by atoms with Gasteiger partial charge in [-0.2, -0.15) is 4.31 Å². The summed E-state index contributed by atoms with van der Waals surface area (Å²) in [4.78, 5) is 26.3. The molecule has 1 saturated heterocycles. The number of hydrogen-bond donors (Lipinski definition) is 2. The van der Waals surface area contributed by atoms with Crippen molar-refractivity contribution in [1.82, 2.24) is 9.62 Å². The zero-order chi connectivity index (χ0) is 25.9. The molecule has 2 aliphatic rings. The summed E-state index contributed by atoms with van der Waals surface area (Å²) < 4.78 is 38.4. The lowest BCUT2D eigenvalue weighted by molar-refractivity contribution is -0.130. The number of benzene rings is 2. The standard InChI is InChI=1S/C26H33N3O6S/c1-17(2)24(26(31)27-20-6-9-22-23(16-20)35-15-14-34-22)28-25(30)19-10-12-29(13-11-19)36(32,33)21-7-4-18(3)5-8-21/h4-9,16-17,19,24H,10-15H2,1-3H3,(H,27,31)(H,28,30). The fraction of sp³-hybridized carbons (Fsp3) is 0.462. The van der Waals surface area contributed by atoms with Crippen molar-refractivity contribution in [2.24, 2.45) is 11.8 Å². The van der Waals surface area contributed by atoms with Crippen molar-refractivity contribution < 1.29 is 27.5 Å². The molecule has 2 aromatic carbocycles. The van der Waals surface area contributed by atoms with Gasteiger partial charge in [0.05, 0.1) is 4.90 Å². The summed E-state index contributed by atoms with van der Waals surface area (Å²) in [5.41, 5.74) is 1.54. The number of nitrogens with zero attached hydrogens (tertiary/aromatic N) is 1. The van der Waals surface area contributed by atoms with Crippen LogP contribution in [0.4, 0.5) is 5.69 Å². The molecule has 0 aliphatic carbocycles. The van der Waals surface area contributed by atoms with E-state index in [-0.39, 0.29) is 41.6 Å². The highest BCUT2D eigenvalue weighted by Crippen LogP contribution is 2.32. The largest absolute Gasteiger partial charge is 0.486 e. The van der Waals surface area contributed by atoms with E-state index >= 15 is 0 Å². The van der Waals surface area contributed by atoms with Gasteiger partial charge in [-0.1, -0.05) is 31.5 Å². The van der Waals surface area contributed by atoms with Gasteiger partial charge < -0.3 is 20.1 Å². The van der Waals surface area contributed by atoms with Crippen LogP contribution in [0.2, 0.25) is 0 Å². The van der Waals surface area contributed by atoms with Crippen molar-refractivity contribution in [2.45, 2.75) is 44.6 Å². The molecule has 4 rings (SSSR count). The fourth-order valence-electron chi connectivity index (χ4n) is 4.36. The number of anilines is 1. The molecule has 0 saturated carbocycles. The van der Waals surface area contributed by atoms with E-state index in [9.17, 15) is 18.0 Å². The second-order valence-corrected chi connectivity index (χ2v) is 11.5. The minimum Gasteiger partial charge on any atom is -0.486 e. The number of hydrogen-bond acceptors (Lipinski definition) is 6. The molecular formula is C26H33N3O6S. The maximum absolute atomic E-state index is 13.0. The van der Waals surface area contributed by atoms with E-state index in [0.717, 1.165) is 5.56 Å². The SMILES string of the molecule is Cc1ccc(S(=O)(=O)N2CCC(C(=O)NC(C(=O)Nc3ccc4c(c3)OCCO4)C(C)C)CC2)cc1. The van der Waals surface area contributed by atoms with Crippen LogP contribution in [0, 0.1) is 18.8 Å². The highest BCUT2D eigenvalue weighted by molar-refractivity contribution is 7.89. The molecule has 2 aliphatic heterocycles. The van der Waals surface area contributed by atoms with Crippen molar-refractivity contribution in [1.29, 1.82) is 0 Å². The van der Waals surface area contributed by atoms with Gasteiger partial charge in [0.1, 0.15) is 19.3 Å². The first kappa shape index (κ1) is 26.0. The van der Waals surface area contributed by atoms with E-state index in [1.54, 1.807) is 42.5 Å². The van der Waals surface area contributed by atoms with Gasteiger partial charge in [-0.3, -0.25) is 9.59 Å². The first-order valence-electron chi connectivity index (χ1n) is 12.2. The van der Waals surface area contributed by atoms with Crippen LogP contribution in [-0.2, 0) is 19.6 Å². The lowest BCUT2D eigenvalue weighted by Crippen LogP contribution is -2.50. The number of amides is 2. The Morgan fingerprint density at radius 1 is 0.972 bits per heavy atom. The molecular weight excluding hydrogens is 482 g/mol. The van der Waals surface area contributed by atoms with Gasteiger partial charge in [0.2, 0.25) is 21.8 Å². The summed E-state index contributed by atoms with van der Waals surface area (Å²) in [6, 6.07) is 11.2. The minimum atomic E-state index is -3.60. The van der Waals surface area contributed by atoms with E-state index in [0.29, 0.717) is 43.2 Å². The summed E-state index contributed by atoms with van der Waals surface area (Å²) in [6.07, 6.45) is 0.789. The second-order valence-electron chi connectivity index (χ2n) is 9.57. The van der Waals surface area contributed by atoms with E-state index in [2.05, 4.69) is 10.6 Å². The molecule has 2 amide bonds. The number of sulfonamides is 1. The Kier molecular flexibility index (Phi) is 7.85. The third-order valence-corrected chi connectivity index (χ3v) is 8.45. The smallest absolute Gasteiger partial charge is 0.247 e. The molecule has 0 bridgehead atoms. The molecule has 1 fully saturated rings. The van der Waals surface area contributed by atoms with Crippen molar-refractivity contribution in [3.8, 4) is 11.5 Å². The lowest BCUT2D eigenvalue weighted by Gasteiger charge is -2.32. The highest BCUT2D eigenvalue weighted by Gasteiger charge is 2.34. The number of aryl methyl sites for hydroxylation is 1. The number of ether oxygens (including phenoxy) is 2. The molecule has 2 N–H and O–H groups in total. The Balaban J connectivity index is 1.35. The summed E-state index contributed by atoms with van der Waals surface area (Å²) in [6.45, 7) is 7.07. The molecule has 9 nitrogen and oxygen atoms in total. The second kappa shape index (κ2) is 10.9. The highest BCUT2D eigenvalue weighted by atomic mass is 32.2. The molecule has 10 heteroatoms. The molecule has 1 atom stereocenters. The van der Waals surface area contributed by atoms with Crippen LogP contribution >= 0.6 is 0 Å². The average molecular weight is 516 g/mol. The van der Waals surface area contributed by atoms with Crippen LogP contribution in [0.3, 0.4) is 0 Å². The topological polar surface area (TPSA) is 114 Å². The van der Waals surface area contributed by atoms with Crippen molar-refractivity contribution in [2.75, 3.05) is 31.6 Å². The normalized spacial score (nSPS) is 17.4. The summed E-state index contributed by atoms with van der Waals surface area (Å²) in [7, 11) is -3.60. The van der Waals surface area contributed by atoms with Crippen molar-refractivity contribution in [3.63, 3.8) is 0 Å². The van der Waals surface area contributed by atoms with Crippen LogP contribution in [0.15, 0.2) is 47.4 Å². The fourth-order valence-corrected chi connectivity index (χ4v) is 5.83. The van der Waals surface area contributed by atoms with Crippen LogP contribution < -0.4 is 20.1 Å². The van der Waals surface area contributed by atoms with E-state index in [1.807, 2.05) is 20.8 Å². The van der Waals surface area contributed by atoms with Gasteiger partial charge in [0, 0.05) is 30.8 Å². The number of rotatable bonds is 7. The average Bonchev–Trinajstić information content (AvgIpc) is 2.87. The van der Waals surface area contributed by atoms with Gasteiger partial charge >= 0.3 is 0 Å². The maximum Gasteiger partial charge on any atom is 0.247 e. The number of nitrogens with one attached hydrogen (secondary N) is 2. The monoisotopic (exact) mass is 515 g/mol. The third-order valence-electron chi connectivity index (χ3n) is 6.54. The number of piperidine rings is 1. The number of fused-ring (bicyclic) bond motifs is 1. The molecule has 1 unspecified atom stereocenters. The molecule has 0 aromatic heterocycles. The first-order chi connectivity index (χ1) is 17.1. The Bertz CT molecular complexity index is 1200. The molecule has 194 valence electrons. The van der Waals surface area contributed by atoms with Crippen molar-refractivity contribution in [3.05, 3.63) is 48.0 Å². The van der Waals surface area contributed by atoms with Crippen LogP contribution in [0.1, 0.15) is 32.3 Å². The minimum absolute atomic E-state index is 0.145. The predicted molar refractivity (Wildman–Crippen MR) is 135 cm³/mol. The number of carbonyl (C=O) groups excluding carboxylic acids is 2. The van der Waals surface area contributed by atoms with Gasteiger partial charge in [-0.05, 0) is 49.9 Å². The molecule has 2 aromatic rings. The summed E-state index contributed by atoms with van der Waals surface area (Å²) >= 11 is 0. The molecule has 36 heavy (non-hydrogen) atoms. The van der Waals surface area contributed by atoms with Gasteiger partial charge in [-0.25, -0.2) is 8.42 Å². The summed E-state index contributed by atoms with van der Waals surface area (Å²) in [5, 5.41) is 5.74. The first-order valence-corrected chi connectivity index (χ1v) is 13.7. The van der Waals surface area contributed by atoms with Gasteiger partial charge in [0.25, 0.3) is 0 Å². The Morgan fingerprint density at radius 2 is 1.61 bits per heavy atom. The van der Waals surface area contributed by atoms with E-state index in [4.69, 9.17) is 9.47 Å². The zero-order valence-corrected chi connectivity index (χ0v) is 21.6. The van der Waals surface area contributed by atoms with Gasteiger partial charge in [0.15, 0.2) is 11.5 Å². The molecule has 0 spiro atoms. The predicted octanol–water partition coefficient (Wildman–Crippen LogP) is 2.95. The molecule has 2 heterocycles. The van der Waals surface area contributed by atoms with E-state index in [1.165, 1.54) is 4.31 Å². The summed E-state index contributed by atoms with van der Waals surface area (Å²) in [5.74, 6) is 0.124. The zero-order valence-electron chi connectivity index (χ0n) is 20.8. The van der Waals surface area contributed by atoms with Crippen LogP contribution in [-0.4, -0.2) is 56.9 Å². The number of carbonyl (C=O) groups is 2. The lowest BCUT2D eigenvalue weighted by atomic mass is 9.95. The molecule has 0 radical (unpaired) electrons. The Morgan fingerprint density at radius 3 is 2.25 bits per heavy atom. The maximum atomic E-state index is 13.0. The Hall–Kier alpha value is -3.11.